The van der Waals surface area contributed by atoms with Crippen LogP contribution in [0, 0.1) is 5.82 Å². The lowest BCUT2D eigenvalue weighted by Gasteiger charge is -2.17. The van der Waals surface area contributed by atoms with E-state index in [1.807, 2.05) is 0 Å². The van der Waals surface area contributed by atoms with E-state index in [9.17, 15) is 18.8 Å². The molecule has 1 aliphatic rings. The Bertz CT molecular complexity index is 613. The summed E-state index contributed by atoms with van der Waals surface area (Å²) in [5, 5.41) is -0.164. The summed E-state index contributed by atoms with van der Waals surface area (Å²) in [4.78, 5) is 36.2. The van der Waals surface area contributed by atoms with Crippen LogP contribution in [-0.4, -0.2) is 46.9 Å². The monoisotopic (exact) mass is 341 g/mol. The Morgan fingerprint density at radius 1 is 1.39 bits per heavy atom. The van der Waals surface area contributed by atoms with Gasteiger partial charge in [-0.15, -0.1) is 0 Å². The van der Waals surface area contributed by atoms with E-state index in [0.717, 1.165) is 11.8 Å². The highest BCUT2D eigenvalue weighted by molar-refractivity contribution is 8.13. The van der Waals surface area contributed by atoms with E-state index in [-0.39, 0.29) is 17.5 Å². The summed E-state index contributed by atoms with van der Waals surface area (Å²) in [6.07, 6.45) is -1.00. The molecule has 1 aromatic rings. The number of benzene rings is 1. The first kappa shape index (κ1) is 17.1. The number of hydrazine groups is 1. The van der Waals surface area contributed by atoms with E-state index < -0.39 is 23.7 Å². The fraction of sp³-hybridized carbons (Fsp3) is 0.357. The van der Waals surface area contributed by atoms with Crippen LogP contribution in [0.3, 0.4) is 0 Å². The highest BCUT2D eigenvalue weighted by Gasteiger charge is 2.24. The molecule has 1 fully saturated rings. The van der Waals surface area contributed by atoms with Crippen molar-refractivity contribution in [2.75, 3.05) is 18.8 Å². The van der Waals surface area contributed by atoms with Crippen molar-refractivity contribution in [3.8, 4) is 5.75 Å². The molecule has 0 saturated carbocycles. The topological polar surface area (TPSA) is 87.7 Å². The Balaban J connectivity index is 1.76. The Hall–Kier alpha value is -2.29. The highest BCUT2D eigenvalue weighted by Crippen LogP contribution is 2.17. The summed E-state index contributed by atoms with van der Waals surface area (Å²) in [5.74, 6) is -1.15. The van der Waals surface area contributed by atoms with Gasteiger partial charge >= 0.3 is 0 Å². The van der Waals surface area contributed by atoms with Crippen LogP contribution in [-0.2, 0) is 9.59 Å². The van der Waals surface area contributed by atoms with Crippen LogP contribution in [0.4, 0.5) is 9.18 Å². The molecule has 1 aromatic carbocycles. The SMILES string of the molecule is C[C@H](Oc1ccccc1F)C(=O)NNC(=O)CN1CCSC1=O. The number of para-hydroxylation sites is 1. The van der Waals surface area contributed by atoms with Gasteiger partial charge in [-0.25, -0.2) is 4.39 Å². The van der Waals surface area contributed by atoms with Crippen molar-refractivity contribution in [3.63, 3.8) is 0 Å². The zero-order valence-electron chi connectivity index (χ0n) is 12.4. The second-order valence-electron chi connectivity index (χ2n) is 4.76. The molecule has 0 radical (unpaired) electrons. The third kappa shape index (κ3) is 4.85. The third-order valence-electron chi connectivity index (χ3n) is 3.01. The fourth-order valence-electron chi connectivity index (χ4n) is 1.80. The number of rotatable bonds is 5. The molecule has 0 unspecified atom stereocenters. The van der Waals surface area contributed by atoms with Crippen LogP contribution in [0.2, 0.25) is 0 Å². The van der Waals surface area contributed by atoms with E-state index >= 15 is 0 Å². The van der Waals surface area contributed by atoms with Crippen molar-refractivity contribution in [2.24, 2.45) is 0 Å². The molecule has 9 heteroatoms. The number of amides is 3. The van der Waals surface area contributed by atoms with Gasteiger partial charge in [-0.3, -0.25) is 25.2 Å². The lowest BCUT2D eigenvalue weighted by atomic mass is 10.3. The van der Waals surface area contributed by atoms with Crippen molar-refractivity contribution in [3.05, 3.63) is 30.1 Å². The number of hydrogen-bond donors (Lipinski definition) is 2. The van der Waals surface area contributed by atoms with Gasteiger partial charge in [0.2, 0.25) is 0 Å². The lowest BCUT2D eigenvalue weighted by molar-refractivity contribution is -0.132. The minimum atomic E-state index is -1.00. The normalized spacial score (nSPS) is 15.2. The van der Waals surface area contributed by atoms with Crippen LogP contribution in [0.5, 0.6) is 5.75 Å². The molecule has 1 saturated heterocycles. The summed E-state index contributed by atoms with van der Waals surface area (Å²) in [6.45, 7) is 1.79. The minimum Gasteiger partial charge on any atom is -0.478 e. The molecule has 23 heavy (non-hydrogen) atoms. The van der Waals surface area contributed by atoms with Crippen molar-refractivity contribution < 1.29 is 23.5 Å². The molecule has 7 nitrogen and oxygen atoms in total. The van der Waals surface area contributed by atoms with Crippen LogP contribution >= 0.6 is 11.8 Å². The summed E-state index contributed by atoms with van der Waals surface area (Å²) in [6, 6.07) is 5.70. The van der Waals surface area contributed by atoms with Gasteiger partial charge in [-0.2, -0.15) is 0 Å². The van der Waals surface area contributed by atoms with Crippen LogP contribution < -0.4 is 15.6 Å². The van der Waals surface area contributed by atoms with E-state index in [1.54, 1.807) is 6.07 Å². The van der Waals surface area contributed by atoms with Gasteiger partial charge in [-0.1, -0.05) is 23.9 Å². The first-order valence-corrected chi connectivity index (χ1v) is 7.87. The van der Waals surface area contributed by atoms with Crippen LogP contribution in [0.25, 0.3) is 0 Å². The van der Waals surface area contributed by atoms with Crippen molar-refractivity contribution in [2.45, 2.75) is 13.0 Å². The third-order valence-corrected chi connectivity index (χ3v) is 3.91. The van der Waals surface area contributed by atoms with Crippen LogP contribution in [0.1, 0.15) is 6.92 Å². The van der Waals surface area contributed by atoms with Gasteiger partial charge in [0.05, 0.1) is 0 Å². The molecule has 0 aliphatic carbocycles. The molecule has 124 valence electrons. The number of carbonyl (C=O) groups is 3. The zero-order chi connectivity index (χ0) is 16.8. The summed E-state index contributed by atoms with van der Waals surface area (Å²) >= 11 is 1.14. The molecule has 3 amide bonds. The molecule has 2 rings (SSSR count). The van der Waals surface area contributed by atoms with Crippen molar-refractivity contribution in [1.82, 2.24) is 15.8 Å². The number of nitrogens with one attached hydrogen (secondary N) is 2. The molecule has 1 atom stereocenters. The zero-order valence-corrected chi connectivity index (χ0v) is 13.2. The van der Waals surface area contributed by atoms with E-state index in [1.165, 1.54) is 30.0 Å². The number of halogens is 1. The smallest absolute Gasteiger partial charge is 0.282 e. The Morgan fingerprint density at radius 2 is 2.13 bits per heavy atom. The Kier molecular flexibility index (Phi) is 5.80. The first-order valence-electron chi connectivity index (χ1n) is 6.89. The largest absolute Gasteiger partial charge is 0.478 e. The van der Waals surface area contributed by atoms with Gasteiger partial charge in [-0.05, 0) is 19.1 Å². The van der Waals surface area contributed by atoms with E-state index in [2.05, 4.69) is 10.9 Å². The minimum absolute atomic E-state index is 0.0545. The van der Waals surface area contributed by atoms with Gasteiger partial charge in [0, 0.05) is 12.3 Å². The highest BCUT2D eigenvalue weighted by atomic mass is 32.2. The van der Waals surface area contributed by atoms with Gasteiger partial charge in [0.1, 0.15) is 6.54 Å². The number of carbonyl (C=O) groups excluding carboxylic acids is 3. The maximum absolute atomic E-state index is 13.4. The molecule has 0 aromatic heterocycles. The fourth-order valence-corrected chi connectivity index (χ4v) is 2.62. The Morgan fingerprint density at radius 3 is 2.78 bits per heavy atom. The average Bonchev–Trinajstić information content (AvgIpc) is 2.92. The van der Waals surface area contributed by atoms with Gasteiger partial charge in [0.25, 0.3) is 17.1 Å². The lowest BCUT2D eigenvalue weighted by Crippen LogP contribution is -2.50. The van der Waals surface area contributed by atoms with E-state index in [0.29, 0.717) is 12.3 Å². The number of ether oxygens (including phenoxy) is 1. The molecule has 2 N–H and O–H groups in total. The first-order chi connectivity index (χ1) is 11.0. The number of thioether (sulfide) groups is 1. The van der Waals surface area contributed by atoms with Crippen molar-refractivity contribution >= 4 is 28.8 Å². The number of nitrogens with zero attached hydrogens (tertiary/aromatic N) is 1. The Labute approximate surface area is 136 Å². The van der Waals surface area contributed by atoms with Crippen molar-refractivity contribution in [1.29, 1.82) is 0 Å². The quantitative estimate of drug-likeness (QED) is 0.777. The van der Waals surface area contributed by atoms with Gasteiger partial charge in [0.15, 0.2) is 17.7 Å². The second-order valence-corrected chi connectivity index (χ2v) is 5.81. The predicted molar refractivity (Wildman–Crippen MR) is 82.2 cm³/mol. The molecule has 1 aliphatic heterocycles. The molecule has 1 heterocycles. The maximum atomic E-state index is 13.4. The molecule has 0 spiro atoms. The average molecular weight is 341 g/mol. The second kappa shape index (κ2) is 7.82. The molecular formula is C14H16FN3O4S. The maximum Gasteiger partial charge on any atom is 0.282 e. The summed E-state index contributed by atoms with van der Waals surface area (Å²) < 4.78 is 18.6. The van der Waals surface area contributed by atoms with E-state index in [4.69, 9.17) is 4.74 Å². The standard InChI is InChI=1S/C14H16FN3O4S/c1-9(22-11-5-3-2-4-10(11)15)13(20)17-16-12(19)8-18-6-7-23-14(18)21/h2-5,9H,6-8H2,1H3,(H,16,19)(H,17,20)/t9-/m0/s1. The summed E-state index contributed by atoms with van der Waals surface area (Å²) in [7, 11) is 0. The molecular weight excluding hydrogens is 325 g/mol. The summed E-state index contributed by atoms with van der Waals surface area (Å²) in [5.41, 5.74) is 4.38. The van der Waals surface area contributed by atoms with Crippen LogP contribution in [0.15, 0.2) is 24.3 Å². The molecule has 0 bridgehead atoms. The van der Waals surface area contributed by atoms with Gasteiger partial charge < -0.3 is 9.64 Å². The predicted octanol–water partition coefficient (Wildman–Crippen LogP) is 0.909. The number of hydrogen-bond acceptors (Lipinski definition) is 5.